The second-order valence-electron chi connectivity index (χ2n) is 5.44. The molecule has 0 amide bonds. The lowest BCUT2D eigenvalue weighted by Crippen LogP contribution is -2.45. The summed E-state index contributed by atoms with van der Waals surface area (Å²) in [6, 6.07) is 7.09. The first kappa shape index (κ1) is 12.6. The monoisotopic (exact) mass is 233 g/mol. The summed E-state index contributed by atoms with van der Waals surface area (Å²) in [5, 5.41) is 3.59. The maximum absolute atomic E-state index is 6.01. The number of nitrogens with one attached hydrogen (secondary N) is 1. The van der Waals surface area contributed by atoms with Crippen LogP contribution < -0.4 is 5.32 Å². The highest BCUT2D eigenvalue weighted by Gasteiger charge is 2.24. The lowest BCUT2D eigenvalue weighted by molar-refractivity contribution is -0.00744. The van der Waals surface area contributed by atoms with Crippen LogP contribution in [0.5, 0.6) is 0 Å². The summed E-state index contributed by atoms with van der Waals surface area (Å²) in [6.45, 7) is 10.5. The summed E-state index contributed by atoms with van der Waals surface area (Å²) in [6.07, 6.45) is 0.213. The van der Waals surface area contributed by atoms with Crippen LogP contribution in [0.25, 0.3) is 0 Å². The van der Waals surface area contributed by atoms with Crippen molar-refractivity contribution in [3.05, 3.63) is 34.9 Å². The predicted octanol–water partition coefficient (Wildman–Crippen LogP) is 2.99. The molecule has 1 aliphatic heterocycles. The molecule has 2 rings (SSSR count). The quantitative estimate of drug-likeness (QED) is 0.848. The number of benzene rings is 1. The first-order chi connectivity index (χ1) is 8.08. The van der Waals surface area contributed by atoms with E-state index in [1.54, 1.807) is 0 Å². The summed E-state index contributed by atoms with van der Waals surface area (Å²) in [5.41, 5.74) is 3.96. The SMILES string of the molecule is Cc1ccc(C)c(C2CNC(C(C)C)CO2)c1. The van der Waals surface area contributed by atoms with E-state index in [0.717, 1.165) is 13.2 Å². The highest BCUT2D eigenvalue weighted by atomic mass is 16.5. The summed E-state index contributed by atoms with van der Waals surface area (Å²) in [7, 11) is 0. The highest BCUT2D eigenvalue weighted by Crippen LogP contribution is 2.25. The number of rotatable bonds is 2. The van der Waals surface area contributed by atoms with Crippen molar-refractivity contribution in [3.8, 4) is 0 Å². The van der Waals surface area contributed by atoms with Gasteiger partial charge in [0.1, 0.15) is 0 Å². The third-order valence-electron chi connectivity index (χ3n) is 3.63. The molecule has 94 valence electrons. The van der Waals surface area contributed by atoms with Gasteiger partial charge in [-0.15, -0.1) is 0 Å². The molecule has 1 aliphatic rings. The molecule has 2 unspecified atom stereocenters. The second kappa shape index (κ2) is 5.19. The van der Waals surface area contributed by atoms with Gasteiger partial charge in [0.05, 0.1) is 12.7 Å². The van der Waals surface area contributed by atoms with Crippen LogP contribution in [0.3, 0.4) is 0 Å². The topological polar surface area (TPSA) is 21.3 Å². The minimum Gasteiger partial charge on any atom is -0.371 e. The van der Waals surface area contributed by atoms with Gasteiger partial charge in [-0.05, 0) is 30.9 Å². The Bertz CT molecular complexity index is 379. The minimum absolute atomic E-state index is 0.213. The largest absolute Gasteiger partial charge is 0.371 e. The van der Waals surface area contributed by atoms with Crippen LogP contribution in [0.15, 0.2) is 18.2 Å². The third-order valence-corrected chi connectivity index (χ3v) is 3.63. The van der Waals surface area contributed by atoms with Crippen molar-refractivity contribution >= 4 is 0 Å². The fraction of sp³-hybridized carbons (Fsp3) is 0.600. The normalized spacial score (nSPS) is 25.2. The Morgan fingerprint density at radius 1 is 1.29 bits per heavy atom. The average molecular weight is 233 g/mol. The zero-order valence-corrected chi connectivity index (χ0v) is 11.3. The van der Waals surface area contributed by atoms with Gasteiger partial charge in [-0.3, -0.25) is 0 Å². The molecule has 1 fully saturated rings. The molecule has 0 spiro atoms. The first-order valence-electron chi connectivity index (χ1n) is 6.50. The van der Waals surface area contributed by atoms with E-state index in [1.807, 2.05) is 0 Å². The molecule has 0 bridgehead atoms. The lowest BCUT2D eigenvalue weighted by Gasteiger charge is -2.33. The molecule has 0 radical (unpaired) electrons. The Morgan fingerprint density at radius 3 is 2.65 bits per heavy atom. The summed E-state index contributed by atoms with van der Waals surface area (Å²) >= 11 is 0. The number of aryl methyl sites for hydroxylation is 2. The smallest absolute Gasteiger partial charge is 0.0952 e. The molecule has 2 heteroatoms. The van der Waals surface area contributed by atoms with Crippen LogP contribution in [0.1, 0.15) is 36.6 Å². The van der Waals surface area contributed by atoms with Crippen molar-refractivity contribution in [1.82, 2.24) is 5.32 Å². The van der Waals surface area contributed by atoms with Crippen molar-refractivity contribution in [1.29, 1.82) is 0 Å². The van der Waals surface area contributed by atoms with Gasteiger partial charge in [0, 0.05) is 12.6 Å². The van der Waals surface area contributed by atoms with Crippen LogP contribution in [0.4, 0.5) is 0 Å². The van der Waals surface area contributed by atoms with Crippen molar-refractivity contribution in [2.45, 2.75) is 39.8 Å². The van der Waals surface area contributed by atoms with E-state index in [1.165, 1.54) is 16.7 Å². The maximum atomic E-state index is 6.01. The van der Waals surface area contributed by atoms with Crippen LogP contribution in [-0.2, 0) is 4.74 Å². The molecule has 0 saturated carbocycles. The Hall–Kier alpha value is -0.860. The van der Waals surface area contributed by atoms with Crippen molar-refractivity contribution in [2.24, 2.45) is 5.92 Å². The molecule has 17 heavy (non-hydrogen) atoms. The second-order valence-corrected chi connectivity index (χ2v) is 5.44. The Morgan fingerprint density at radius 2 is 2.06 bits per heavy atom. The van der Waals surface area contributed by atoms with Crippen LogP contribution in [-0.4, -0.2) is 19.2 Å². The van der Waals surface area contributed by atoms with E-state index < -0.39 is 0 Å². The maximum Gasteiger partial charge on any atom is 0.0952 e. The van der Waals surface area contributed by atoms with E-state index in [0.29, 0.717) is 12.0 Å². The van der Waals surface area contributed by atoms with E-state index in [-0.39, 0.29) is 6.10 Å². The average Bonchev–Trinajstić information content (AvgIpc) is 2.32. The van der Waals surface area contributed by atoms with Gasteiger partial charge >= 0.3 is 0 Å². The fourth-order valence-corrected chi connectivity index (χ4v) is 2.33. The van der Waals surface area contributed by atoms with E-state index in [4.69, 9.17) is 4.74 Å². The molecular formula is C15H23NO. The zero-order valence-electron chi connectivity index (χ0n) is 11.3. The van der Waals surface area contributed by atoms with Crippen molar-refractivity contribution in [2.75, 3.05) is 13.2 Å². The zero-order chi connectivity index (χ0) is 12.4. The molecular weight excluding hydrogens is 210 g/mol. The van der Waals surface area contributed by atoms with Gasteiger partial charge < -0.3 is 10.1 Å². The molecule has 2 nitrogen and oxygen atoms in total. The fourth-order valence-electron chi connectivity index (χ4n) is 2.33. The molecule has 2 atom stereocenters. The van der Waals surface area contributed by atoms with Crippen LogP contribution in [0.2, 0.25) is 0 Å². The van der Waals surface area contributed by atoms with Crippen LogP contribution >= 0.6 is 0 Å². The van der Waals surface area contributed by atoms with Gasteiger partial charge in [-0.2, -0.15) is 0 Å². The molecule has 1 aromatic rings. The van der Waals surface area contributed by atoms with Gasteiger partial charge in [-0.1, -0.05) is 37.6 Å². The Labute approximate surface area is 104 Å². The highest BCUT2D eigenvalue weighted by molar-refractivity contribution is 5.32. The minimum atomic E-state index is 0.213. The standard InChI is InChI=1S/C15H23NO/c1-10(2)14-9-17-15(8-16-14)13-7-11(3)5-6-12(13)4/h5-7,10,14-16H,8-9H2,1-4H3. The van der Waals surface area contributed by atoms with E-state index in [9.17, 15) is 0 Å². The number of hydrogen-bond donors (Lipinski definition) is 1. The molecule has 1 N–H and O–H groups in total. The molecule has 0 aliphatic carbocycles. The van der Waals surface area contributed by atoms with Gasteiger partial charge in [-0.25, -0.2) is 0 Å². The number of morpholine rings is 1. The van der Waals surface area contributed by atoms with E-state index in [2.05, 4.69) is 51.2 Å². The van der Waals surface area contributed by atoms with Crippen LogP contribution in [0, 0.1) is 19.8 Å². The van der Waals surface area contributed by atoms with Crippen molar-refractivity contribution in [3.63, 3.8) is 0 Å². The third kappa shape index (κ3) is 2.88. The summed E-state index contributed by atoms with van der Waals surface area (Å²) in [4.78, 5) is 0. The van der Waals surface area contributed by atoms with Gasteiger partial charge in [0.25, 0.3) is 0 Å². The summed E-state index contributed by atoms with van der Waals surface area (Å²) in [5.74, 6) is 0.634. The molecule has 1 saturated heterocycles. The first-order valence-corrected chi connectivity index (χ1v) is 6.50. The van der Waals surface area contributed by atoms with E-state index >= 15 is 0 Å². The molecule has 0 aromatic heterocycles. The van der Waals surface area contributed by atoms with Gasteiger partial charge in [0.15, 0.2) is 0 Å². The summed E-state index contributed by atoms with van der Waals surface area (Å²) < 4.78 is 6.01. The number of ether oxygens (including phenoxy) is 1. The Balaban J connectivity index is 2.07. The molecule has 1 heterocycles. The lowest BCUT2D eigenvalue weighted by atomic mass is 9.97. The van der Waals surface area contributed by atoms with Crippen molar-refractivity contribution < 1.29 is 4.74 Å². The molecule has 1 aromatic carbocycles. The predicted molar refractivity (Wildman–Crippen MR) is 71.2 cm³/mol. The number of hydrogen-bond acceptors (Lipinski definition) is 2. The van der Waals surface area contributed by atoms with Gasteiger partial charge in [0.2, 0.25) is 0 Å². The Kier molecular flexibility index (Phi) is 3.85.